The van der Waals surface area contributed by atoms with Crippen molar-refractivity contribution in [3.05, 3.63) is 29.8 Å². The summed E-state index contributed by atoms with van der Waals surface area (Å²) in [5.41, 5.74) is 0.703. The first kappa shape index (κ1) is 11.6. The van der Waals surface area contributed by atoms with Crippen molar-refractivity contribution in [2.75, 3.05) is 0 Å². The Kier molecular flexibility index (Phi) is 3.10. The molecule has 1 N–H and O–H groups in total. The predicted octanol–water partition coefficient (Wildman–Crippen LogP) is 1.37. The summed E-state index contributed by atoms with van der Waals surface area (Å²) in [4.78, 5) is 19.2. The minimum absolute atomic E-state index is 0.211. The average Bonchev–Trinajstić information content (AvgIpc) is 2.55. The van der Waals surface area contributed by atoms with Crippen LogP contribution < -0.4 is 0 Å². The summed E-state index contributed by atoms with van der Waals surface area (Å²) >= 11 is 1.24. The second-order valence-corrected chi connectivity index (χ2v) is 4.35. The van der Waals surface area contributed by atoms with Crippen LogP contribution in [0.15, 0.2) is 28.6 Å². The predicted molar refractivity (Wildman–Crippen MR) is 61.1 cm³/mol. The third-order valence-corrected chi connectivity index (χ3v) is 3.21. The van der Waals surface area contributed by atoms with Crippen molar-refractivity contribution in [3.8, 4) is 0 Å². The van der Waals surface area contributed by atoms with Crippen LogP contribution >= 0.6 is 11.8 Å². The maximum Gasteiger partial charge on any atom is 0.340 e. The van der Waals surface area contributed by atoms with Gasteiger partial charge >= 0.3 is 5.97 Å². The lowest BCUT2D eigenvalue weighted by molar-refractivity contribution is 0.0692. The molecule has 2 aromatic heterocycles. The summed E-state index contributed by atoms with van der Waals surface area (Å²) in [7, 11) is 1.71. The highest BCUT2D eigenvalue weighted by Gasteiger charge is 2.20. The summed E-state index contributed by atoms with van der Waals surface area (Å²) in [5, 5.41) is 14.4. The van der Waals surface area contributed by atoms with E-state index in [1.165, 1.54) is 16.4 Å². The Morgan fingerprint density at radius 2 is 2.24 bits per heavy atom. The summed E-state index contributed by atoms with van der Waals surface area (Å²) in [6, 6.07) is 0. The lowest BCUT2D eigenvalue weighted by Crippen LogP contribution is -2.00. The van der Waals surface area contributed by atoms with Crippen LogP contribution in [-0.4, -0.2) is 30.8 Å². The molecule has 0 fully saturated rings. The number of carboxylic acids is 1. The maximum absolute atomic E-state index is 11.1. The van der Waals surface area contributed by atoms with E-state index in [4.69, 9.17) is 5.11 Å². The van der Waals surface area contributed by atoms with E-state index in [9.17, 15) is 4.79 Å². The van der Waals surface area contributed by atoms with Gasteiger partial charge in [-0.2, -0.15) is 5.10 Å². The van der Waals surface area contributed by atoms with Crippen molar-refractivity contribution >= 4 is 17.7 Å². The first-order chi connectivity index (χ1) is 8.09. The Hall–Kier alpha value is -1.89. The van der Waals surface area contributed by atoms with Crippen LogP contribution in [0, 0.1) is 6.92 Å². The van der Waals surface area contributed by atoms with Gasteiger partial charge in [0.05, 0.1) is 11.9 Å². The molecule has 2 aromatic rings. The Morgan fingerprint density at radius 1 is 1.47 bits per heavy atom. The van der Waals surface area contributed by atoms with Gasteiger partial charge in [-0.3, -0.25) is 9.67 Å². The third kappa shape index (κ3) is 2.28. The van der Waals surface area contributed by atoms with Gasteiger partial charge in [0.1, 0.15) is 15.6 Å². The molecule has 0 aliphatic heterocycles. The number of rotatable bonds is 3. The molecular formula is C10H10N4O2S. The number of carbonyl (C=O) groups is 1. The Bertz CT molecular complexity index is 553. The van der Waals surface area contributed by atoms with Gasteiger partial charge in [0.15, 0.2) is 0 Å². The summed E-state index contributed by atoms with van der Waals surface area (Å²) in [6.45, 7) is 1.67. The second-order valence-electron chi connectivity index (χ2n) is 3.34. The van der Waals surface area contributed by atoms with E-state index in [2.05, 4.69) is 15.1 Å². The first-order valence-electron chi connectivity index (χ1n) is 4.80. The van der Waals surface area contributed by atoms with Crippen molar-refractivity contribution in [1.29, 1.82) is 0 Å². The molecule has 0 aliphatic carbocycles. The summed E-state index contributed by atoms with van der Waals surface area (Å²) < 4.78 is 1.54. The van der Waals surface area contributed by atoms with E-state index in [0.717, 1.165) is 0 Å². The van der Waals surface area contributed by atoms with Crippen molar-refractivity contribution < 1.29 is 9.90 Å². The molecule has 2 heterocycles. The van der Waals surface area contributed by atoms with Crippen LogP contribution in [0.4, 0.5) is 0 Å². The van der Waals surface area contributed by atoms with E-state index in [0.29, 0.717) is 15.7 Å². The molecule has 0 aromatic carbocycles. The standard InChI is InChI=1S/C10H10N4O2S/c1-6-8(10(15)16)9(14(2)13-6)17-7-5-11-3-4-12-7/h3-5H,1-2H3,(H,15,16). The first-order valence-corrected chi connectivity index (χ1v) is 5.62. The van der Waals surface area contributed by atoms with Crippen LogP contribution in [0.2, 0.25) is 0 Å². The highest BCUT2D eigenvalue weighted by atomic mass is 32.2. The van der Waals surface area contributed by atoms with Crippen LogP contribution in [0.1, 0.15) is 16.1 Å². The van der Waals surface area contributed by atoms with Gasteiger partial charge in [-0.25, -0.2) is 9.78 Å². The minimum atomic E-state index is -0.984. The van der Waals surface area contributed by atoms with Crippen molar-refractivity contribution in [2.45, 2.75) is 17.0 Å². The van der Waals surface area contributed by atoms with E-state index in [-0.39, 0.29) is 5.56 Å². The quantitative estimate of drug-likeness (QED) is 0.886. The van der Waals surface area contributed by atoms with Crippen LogP contribution in [0.25, 0.3) is 0 Å². The molecule has 17 heavy (non-hydrogen) atoms. The molecule has 0 atom stereocenters. The van der Waals surface area contributed by atoms with Gasteiger partial charge < -0.3 is 5.11 Å². The van der Waals surface area contributed by atoms with Crippen LogP contribution in [-0.2, 0) is 7.05 Å². The van der Waals surface area contributed by atoms with Gasteiger partial charge in [-0.05, 0) is 18.7 Å². The van der Waals surface area contributed by atoms with E-state index >= 15 is 0 Å². The summed E-state index contributed by atoms with van der Waals surface area (Å²) in [5.74, 6) is -0.984. The molecule has 0 aliphatic rings. The number of aromatic carboxylic acids is 1. The van der Waals surface area contributed by atoms with Gasteiger partial charge in [0.25, 0.3) is 0 Å². The van der Waals surface area contributed by atoms with Gasteiger partial charge in [-0.15, -0.1) is 0 Å². The Balaban J connectivity index is 2.42. The summed E-state index contributed by atoms with van der Waals surface area (Å²) in [6.07, 6.45) is 4.71. The molecule has 7 heteroatoms. The fraction of sp³-hybridized carbons (Fsp3) is 0.200. The van der Waals surface area contributed by atoms with Gasteiger partial charge in [0.2, 0.25) is 0 Å². The fourth-order valence-electron chi connectivity index (χ4n) is 1.44. The number of hydrogen-bond donors (Lipinski definition) is 1. The van der Waals surface area contributed by atoms with E-state index < -0.39 is 5.97 Å². The SMILES string of the molecule is Cc1nn(C)c(Sc2cnccn2)c1C(=O)O. The Labute approximate surface area is 102 Å². The normalized spacial score (nSPS) is 10.5. The zero-order valence-corrected chi connectivity index (χ0v) is 10.1. The van der Waals surface area contributed by atoms with Crippen LogP contribution in [0.3, 0.4) is 0 Å². The minimum Gasteiger partial charge on any atom is -0.478 e. The van der Waals surface area contributed by atoms with Crippen molar-refractivity contribution in [3.63, 3.8) is 0 Å². The van der Waals surface area contributed by atoms with E-state index in [1.54, 1.807) is 32.6 Å². The highest BCUT2D eigenvalue weighted by Crippen LogP contribution is 2.29. The van der Waals surface area contributed by atoms with Crippen molar-refractivity contribution in [2.24, 2.45) is 7.05 Å². The molecule has 0 unspecified atom stereocenters. The highest BCUT2D eigenvalue weighted by molar-refractivity contribution is 7.99. The molecule has 0 radical (unpaired) electrons. The van der Waals surface area contributed by atoms with Crippen molar-refractivity contribution in [1.82, 2.24) is 19.7 Å². The lowest BCUT2D eigenvalue weighted by Gasteiger charge is -2.02. The molecule has 6 nitrogen and oxygen atoms in total. The molecular weight excluding hydrogens is 240 g/mol. The number of nitrogens with zero attached hydrogens (tertiary/aromatic N) is 4. The lowest BCUT2D eigenvalue weighted by atomic mass is 10.3. The van der Waals surface area contributed by atoms with Crippen LogP contribution in [0.5, 0.6) is 0 Å². The molecule has 0 spiro atoms. The largest absolute Gasteiger partial charge is 0.478 e. The number of aryl methyl sites for hydroxylation is 2. The molecule has 2 rings (SSSR count). The zero-order chi connectivity index (χ0) is 12.4. The number of hydrogen-bond acceptors (Lipinski definition) is 5. The third-order valence-electron chi connectivity index (χ3n) is 2.12. The average molecular weight is 250 g/mol. The second kappa shape index (κ2) is 4.54. The monoisotopic (exact) mass is 250 g/mol. The zero-order valence-electron chi connectivity index (χ0n) is 9.28. The number of carboxylic acid groups (broad SMARTS) is 1. The van der Waals surface area contributed by atoms with Gasteiger partial charge in [0, 0.05) is 19.4 Å². The number of aromatic nitrogens is 4. The molecule has 0 amide bonds. The molecule has 0 saturated heterocycles. The maximum atomic E-state index is 11.1. The topological polar surface area (TPSA) is 80.9 Å². The molecule has 0 saturated carbocycles. The smallest absolute Gasteiger partial charge is 0.340 e. The Morgan fingerprint density at radius 3 is 2.82 bits per heavy atom. The fourth-order valence-corrected chi connectivity index (χ4v) is 2.37. The molecule has 0 bridgehead atoms. The molecule has 88 valence electrons. The van der Waals surface area contributed by atoms with E-state index in [1.807, 2.05) is 0 Å². The van der Waals surface area contributed by atoms with Gasteiger partial charge in [-0.1, -0.05) is 0 Å².